The lowest BCUT2D eigenvalue weighted by Gasteiger charge is -2.33. The zero-order valence-electron chi connectivity index (χ0n) is 13.2. The molecule has 3 nitrogen and oxygen atoms in total. The molecule has 2 aliphatic heterocycles. The van der Waals surface area contributed by atoms with Crippen molar-refractivity contribution in [2.45, 2.75) is 32.3 Å². The van der Waals surface area contributed by atoms with E-state index in [1.165, 1.54) is 28.0 Å². The Bertz CT molecular complexity index is 645. The predicted octanol–water partition coefficient (Wildman–Crippen LogP) is 3.69. The summed E-state index contributed by atoms with van der Waals surface area (Å²) in [6.45, 7) is 8.64. The van der Waals surface area contributed by atoms with E-state index in [0.29, 0.717) is 0 Å². The summed E-state index contributed by atoms with van der Waals surface area (Å²) in [5.41, 5.74) is 6.79. The second kappa shape index (κ2) is 5.26. The third kappa shape index (κ3) is 2.27. The van der Waals surface area contributed by atoms with Gasteiger partial charge in [0, 0.05) is 23.8 Å². The summed E-state index contributed by atoms with van der Waals surface area (Å²) in [6.07, 6.45) is 1.98. The van der Waals surface area contributed by atoms with Gasteiger partial charge < -0.3 is 14.4 Å². The normalized spacial score (nSPS) is 23.5. The summed E-state index contributed by atoms with van der Waals surface area (Å²) in [4.78, 5) is 2.42. The fourth-order valence-corrected chi connectivity index (χ4v) is 4.18. The average molecular weight is 320 g/mol. The average Bonchev–Trinajstić information content (AvgIpc) is 2.87. The second-order valence-electron chi connectivity index (χ2n) is 6.79. The first-order chi connectivity index (χ1) is 10.6. The molecule has 118 valence electrons. The topological polar surface area (TPSA) is 21.7 Å². The highest BCUT2D eigenvalue weighted by Gasteiger charge is 2.37. The van der Waals surface area contributed by atoms with Crippen LogP contribution in [0.4, 0.5) is 5.69 Å². The molecule has 0 radical (unpaired) electrons. The van der Waals surface area contributed by atoms with E-state index in [1.807, 2.05) is 0 Å². The molecule has 22 heavy (non-hydrogen) atoms. The third-order valence-electron chi connectivity index (χ3n) is 5.13. The smallest absolute Gasteiger partial charge is 0.0844 e. The molecule has 1 saturated heterocycles. The van der Waals surface area contributed by atoms with E-state index in [-0.39, 0.29) is 5.60 Å². The fraction of sp³-hybridized carbons (Fsp3) is 0.556. The summed E-state index contributed by atoms with van der Waals surface area (Å²) in [6, 6.07) is 4.27. The Morgan fingerprint density at radius 2 is 1.91 bits per heavy atom. The molecule has 0 amide bonds. The van der Waals surface area contributed by atoms with Crippen LogP contribution in [0, 0.1) is 0 Å². The molecule has 0 spiro atoms. The maximum absolute atomic E-state index is 6.44. The minimum Gasteiger partial charge on any atom is -0.378 e. The van der Waals surface area contributed by atoms with Crippen LogP contribution in [0.3, 0.4) is 0 Å². The quantitative estimate of drug-likeness (QED) is 0.788. The summed E-state index contributed by atoms with van der Waals surface area (Å²) in [7, 11) is 0. The lowest BCUT2D eigenvalue weighted by molar-refractivity contribution is 0.00575. The van der Waals surface area contributed by atoms with Gasteiger partial charge in [0.15, 0.2) is 0 Å². The van der Waals surface area contributed by atoms with Crippen LogP contribution in [-0.2, 0) is 15.9 Å². The highest BCUT2D eigenvalue weighted by Crippen LogP contribution is 2.48. The second-order valence-corrected chi connectivity index (χ2v) is 7.23. The summed E-state index contributed by atoms with van der Waals surface area (Å²) < 4.78 is 11.5. The first-order valence-electron chi connectivity index (χ1n) is 8.08. The molecule has 0 atom stereocenters. The van der Waals surface area contributed by atoms with E-state index < -0.39 is 0 Å². The molecular formula is C18H22ClNO2. The Kier molecular flexibility index (Phi) is 3.48. The van der Waals surface area contributed by atoms with Gasteiger partial charge in [0.25, 0.3) is 0 Å². The van der Waals surface area contributed by atoms with Crippen molar-refractivity contribution in [3.8, 4) is 0 Å². The highest BCUT2D eigenvalue weighted by molar-refractivity contribution is 6.31. The standard InChI is InChI=1S/C18H22ClNO2/c1-18(2)16-11-15-14(13(16)3-6-22-18)9-12(19)10-17(15)20-4-7-21-8-5-20/h9-10H,3-8,11H2,1-2H3. The molecule has 1 aromatic rings. The lowest BCUT2D eigenvalue weighted by Crippen LogP contribution is -2.37. The van der Waals surface area contributed by atoms with Gasteiger partial charge in [-0.05, 0) is 61.1 Å². The number of fused-ring (bicyclic) bond motifs is 2. The molecule has 1 aliphatic carbocycles. The Balaban J connectivity index is 1.80. The van der Waals surface area contributed by atoms with Crippen LogP contribution in [0.15, 0.2) is 17.7 Å². The molecular weight excluding hydrogens is 298 g/mol. The molecule has 0 saturated carbocycles. The van der Waals surface area contributed by atoms with Crippen LogP contribution in [0.5, 0.6) is 0 Å². The van der Waals surface area contributed by atoms with Crippen LogP contribution < -0.4 is 4.90 Å². The molecule has 1 aromatic carbocycles. The number of ether oxygens (including phenoxy) is 2. The molecule has 4 heteroatoms. The maximum atomic E-state index is 6.44. The van der Waals surface area contributed by atoms with Crippen LogP contribution >= 0.6 is 11.6 Å². The lowest BCUT2D eigenvalue weighted by atomic mass is 9.89. The maximum Gasteiger partial charge on any atom is 0.0844 e. The van der Waals surface area contributed by atoms with Crippen molar-refractivity contribution in [1.29, 1.82) is 0 Å². The number of nitrogens with zero attached hydrogens (tertiary/aromatic N) is 1. The van der Waals surface area contributed by atoms with E-state index in [0.717, 1.165) is 50.8 Å². The van der Waals surface area contributed by atoms with Gasteiger partial charge >= 0.3 is 0 Å². The first kappa shape index (κ1) is 14.6. The largest absolute Gasteiger partial charge is 0.378 e. The molecule has 1 fully saturated rings. The number of hydrogen-bond acceptors (Lipinski definition) is 3. The number of anilines is 1. The Hall–Kier alpha value is -1.03. The fourth-order valence-electron chi connectivity index (χ4n) is 3.97. The van der Waals surface area contributed by atoms with Crippen molar-refractivity contribution in [1.82, 2.24) is 0 Å². The summed E-state index contributed by atoms with van der Waals surface area (Å²) in [5.74, 6) is 0. The SMILES string of the molecule is CC1(C)OCCC2=C1Cc1c2cc(Cl)cc1N1CCOCC1. The van der Waals surface area contributed by atoms with E-state index in [4.69, 9.17) is 21.1 Å². The summed E-state index contributed by atoms with van der Waals surface area (Å²) >= 11 is 6.44. The highest BCUT2D eigenvalue weighted by atomic mass is 35.5. The van der Waals surface area contributed by atoms with Crippen molar-refractivity contribution >= 4 is 22.9 Å². The summed E-state index contributed by atoms with van der Waals surface area (Å²) in [5, 5.41) is 0.832. The van der Waals surface area contributed by atoms with Crippen molar-refractivity contribution in [2.24, 2.45) is 0 Å². The van der Waals surface area contributed by atoms with Crippen LogP contribution in [0.25, 0.3) is 5.57 Å². The van der Waals surface area contributed by atoms with E-state index in [2.05, 4.69) is 30.9 Å². The first-order valence-corrected chi connectivity index (χ1v) is 8.46. The molecule has 0 unspecified atom stereocenters. The Morgan fingerprint density at radius 1 is 1.14 bits per heavy atom. The van der Waals surface area contributed by atoms with Gasteiger partial charge in [-0.25, -0.2) is 0 Å². The third-order valence-corrected chi connectivity index (χ3v) is 5.35. The number of hydrogen-bond donors (Lipinski definition) is 0. The van der Waals surface area contributed by atoms with Gasteiger partial charge in [0.1, 0.15) is 0 Å². The minimum atomic E-state index is -0.165. The molecule has 0 bridgehead atoms. The molecule has 2 heterocycles. The molecule has 0 aromatic heterocycles. The van der Waals surface area contributed by atoms with Crippen LogP contribution in [0.2, 0.25) is 5.02 Å². The van der Waals surface area contributed by atoms with E-state index >= 15 is 0 Å². The molecule has 0 N–H and O–H groups in total. The van der Waals surface area contributed by atoms with E-state index in [1.54, 1.807) is 0 Å². The van der Waals surface area contributed by atoms with E-state index in [9.17, 15) is 0 Å². The monoisotopic (exact) mass is 319 g/mol. The zero-order chi connectivity index (χ0) is 15.3. The van der Waals surface area contributed by atoms with Gasteiger partial charge in [-0.1, -0.05) is 11.6 Å². The number of benzene rings is 1. The molecule has 4 rings (SSSR count). The van der Waals surface area contributed by atoms with Gasteiger partial charge in [-0.3, -0.25) is 0 Å². The van der Waals surface area contributed by atoms with Crippen molar-refractivity contribution in [3.05, 3.63) is 33.9 Å². The van der Waals surface area contributed by atoms with Gasteiger partial charge in [-0.15, -0.1) is 0 Å². The molecule has 3 aliphatic rings. The van der Waals surface area contributed by atoms with Crippen molar-refractivity contribution < 1.29 is 9.47 Å². The minimum absolute atomic E-state index is 0.165. The van der Waals surface area contributed by atoms with Gasteiger partial charge in [-0.2, -0.15) is 0 Å². The zero-order valence-corrected chi connectivity index (χ0v) is 14.0. The van der Waals surface area contributed by atoms with Gasteiger partial charge in [0.2, 0.25) is 0 Å². The van der Waals surface area contributed by atoms with Crippen LogP contribution in [-0.4, -0.2) is 38.5 Å². The number of rotatable bonds is 1. The Morgan fingerprint density at radius 3 is 2.68 bits per heavy atom. The number of halogens is 1. The number of morpholine rings is 1. The van der Waals surface area contributed by atoms with Crippen molar-refractivity contribution in [3.63, 3.8) is 0 Å². The predicted molar refractivity (Wildman–Crippen MR) is 89.8 cm³/mol. The van der Waals surface area contributed by atoms with Crippen molar-refractivity contribution in [2.75, 3.05) is 37.8 Å². The van der Waals surface area contributed by atoms with Gasteiger partial charge in [0.05, 0.1) is 25.4 Å². The van der Waals surface area contributed by atoms with Crippen LogP contribution in [0.1, 0.15) is 31.4 Å². The Labute approximate surface area is 136 Å².